The highest BCUT2D eigenvalue weighted by Crippen LogP contribution is 2.69. The van der Waals surface area contributed by atoms with Crippen molar-refractivity contribution in [3.8, 4) is 0 Å². The van der Waals surface area contributed by atoms with Gasteiger partial charge in [-0.15, -0.1) is 0 Å². The zero-order valence-corrected chi connectivity index (χ0v) is 20.1. The Morgan fingerprint density at radius 1 is 1.00 bits per heavy atom. The molecule has 4 aliphatic rings. The Hall–Kier alpha value is -0.410. The summed E-state index contributed by atoms with van der Waals surface area (Å²) >= 11 is 0. The first-order valence-electron chi connectivity index (χ1n) is 13.0. The van der Waals surface area contributed by atoms with Gasteiger partial charge in [0.1, 0.15) is 5.78 Å². The fourth-order valence-corrected chi connectivity index (χ4v) is 9.56. The van der Waals surface area contributed by atoms with Crippen molar-refractivity contribution >= 4 is 5.78 Å². The first kappa shape index (κ1) is 22.8. The molecular weight excluding hydrogens is 372 g/mol. The number of Topliss-reactive ketones (excluding diaryl/α,β-unsaturated/α-hetero) is 1. The molecule has 0 aliphatic heterocycles. The van der Waals surface area contributed by atoms with Gasteiger partial charge in [0.05, 0.1) is 12.2 Å². The molecule has 0 amide bonds. The number of ketones is 1. The molecule has 11 atom stereocenters. The molecule has 4 aliphatic carbocycles. The minimum absolute atomic E-state index is 0.173. The van der Waals surface area contributed by atoms with Crippen molar-refractivity contribution in [3.05, 3.63) is 0 Å². The summed E-state index contributed by atoms with van der Waals surface area (Å²) in [6, 6.07) is 0. The van der Waals surface area contributed by atoms with Gasteiger partial charge in [0.2, 0.25) is 0 Å². The molecule has 2 N–H and O–H groups in total. The number of carbonyl (C=O) groups excluding carboxylic acids is 1. The van der Waals surface area contributed by atoms with E-state index in [4.69, 9.17) is 0 Å². The van der Waals surface area contributed by atoms with Crippen LogP contribution < -0.4 is 0 Å². The molecule has 3 nitrogen and oxygen atoms in total. The van der Waals surface area contributed by atoms with Crippen molar-refractivity contribution in [1.82, 2.24) is 0 Å². The Kier molecular flexibility index (Phi) is 6.21. The van der Waals surface area contributed by atoms with Crippen LogP contribution in [0, 0.1) is 52.3 Å². The van der Waals surface area contributed by atoms with Gasteiger partial charge in [-0.1, -0.05) is 34.1 Å². The average molecular weight is 419 g/mol. The summed E-state index contributed by atoms with van der Waals surface area (Å²) in [6.07, 6.45) is 10.4. The molecule has 0 heterocycles. The van der Waals surface area contributed by atoms with E-state index in [2.05, 4.69) is 27.7 Å². The second-order valence-electron chi connectivity index (χ2n) is 12.3. The third kappa shape index (κ3) is 3.41. The molecule has 0 aromatic rings. The lowest BCUT2D eigenvalue weighted by molar-refractivity contribution is -0.203. The third-order valence-corrected chi connectivity index (χ3v) is 11.1. The topological polar surface area (TPSA) is 57.5 Å². The fourth-order valence-electron chi connectivity index (χ4n) is 9.56. The molecule has 0 aromatic carbocycles. The van der Waals surface area contributed by atoms with Crippen LogP contribution in [-0.2, 0) is 4.79 Å². The van der Waals surface area contributed by atoms with Gasteiger partial charge in [-0.25, -0.2) is 0 Å². The van der Waals surface area contributed by atoms with E-state index < -0.39 is 0 Å². The molecule has 30 heavy (non-hydrogen) atoms. The van der Waals surface area contributed by atoms with Gasteiger partial charge in [-0.05, 0) is 111 Å². The lowest BCUT2D eigenvalue weighted by Gasteiger charge is -2.64. The van der Waals surface area contributed by atoms with Crippen LogP contribution in [0.3, 0.4) is 0 Å². The van der Waals surface area contributed by atoms with Crippen molar-refractivity contribution in [2.24, 2.45) is 52.3 Å². The molecule has 0 saturated heterocycles. The van der Waals surface area contributed by atoms with Crippen molar-refractivity contribution in [2.45, 2.75) is 111 Å². The number of fused-ring (bicyclic) bond motifs is 5. The van der Waals surface area contributed by atoms with E-state index in [9.17, 15) is 15.0 Å². The summed E-state index contributed by atoms with van der Waals surface area (Å²) < 4.78 is 0. The van der Waals surface area contributed by atoms with Crippen LogP contribution in [0.1, 0.15) is 98.8 Å². The Bertz CT molecular complexity index is 646. The van der Waals surface area contributed by atoms with Crippen LogP contribution in [0.5, 0.6) is 0 Å². The van der Waals surface area contributed by atoms with E-state index in [1.54, 1.807) is 6.92 Å². The highest BCUT2D eigenvalue weighted by molar-refractivity contribution is 5.75. The first-order chi connectivity index (χ1) is 14.1. The summed E-state index contributed by atoms with van der Waals surface area (Å²) in [7, 11) is 0. The predicted molar refractivity (Wildman–Crippen MR) is 121 cm³/mol. The van der Waals surface area contributed by atoms with E-state index >= 15 is 0 Å². The van der Waals surface area contributed by atoms with Crippen molar-refractivity contribution in [3.63, 3.8) is 0 Å². The van der Waals surface area contributed by atoms with Crippen LogP contribution in [0.2, 0.25) is 0 Å². The van der Waals surface area contributed by atoms with Crippen LogP contribution in [0.15, 0.2) is 0 Å². The summed E-state index contributed by atoms with van der Waals surface area (Å²) in [5, 5.41) is 22.2. The molecule has 4 fully saturated rings. The number of hydrogen-bond donors (Lipinski definition) is 2. The van der Waals surface area contributed by atoms with Crippen LogP contribution in [-0.4, -0.2) is 28.2 Å². The highest BCUT2D eigenvalue weighted by Gasteiger charge is 2.64. The number of rotatable bonds is 5. The Labute approximate surface area is 184 Å². The molecule has 0 radical (unpaired) electrons. The van der Waals surface area contributed by atoms with E-state index in [0.29, 0.717) is 59.0 Å². The van der Waals surface area contributed by atoms with Crippen LogP contribution in [0.25, 0.3) is 0 Å². The molecule has 0 bridgehead atoms. The van der Waals surface area contributed by atoms with Gasteiger partial charge in [-0.3, -0.25) is 0 Å². The first-order valence-corrected chi connectivity index (χ1v) is 13.0. The summed E-state index contributed by atoms with van der Waals surface area (Å²) in [4.78, 5) is 11.6. The number of aliphatic hydroxyl groups excluding tert-OH is 2. The normalized spacial score (nSPS) is 51.6. The zero-order valence-electron chi connectivity index (χ0n) is 20.1. The van der Waals surface area contributed by atoms with Crippen molar-refractivity contribution in [2.75, 3.05) is 0 Å². The lowest BCUT2D eigenvalue weighted by atomic mass is 9.41. The van der Waals surface area contributed by atoms with Gasteiger partial charge in [0.15, 0.2) is 0 Å². The van der Waals surface area contributed by atoms with Crippen LogP contribution in [0.4, 0.5) is 0 Å². The van der Waals surface area contributed by atoms with E-state index in [1.807, 2.05) is 0 Å². The predicted octanol–water partition coefficient (Wildman–Crippen LogP) is 5.62. The average Bonchev–Trinajstić information content (AvgIpc) is 3.05. The Balaban J connectivity index is 1.61. The fraction of sp³-hybridized carbons (Fsp3) is 0.963. The maximum absolute atomic E-state index is 11.7. The van der Waals surface area contributed by atoms with E-state index in [1.165, 1.54) is 25.7 Å². The summed E-state index contributed by atoms with van der Waals surface area (Å²) in [5.74, 6) is 4.06. The minimum Gasteiger partial charge on any atom is -0.393 e. The number of carbonyl (C=O) groups is 1. The smallest absolute Gasteiger partial charge is 0.129 e. The Morgan fingerprint density at radius 2 is 1.67 bits per heavy atom. The summed E-state index contributed by atoms with van der Waals surface area (Å²) in [6.45, 7) is 11.4. The maximum Gasteiger partial charge on any atom is 0.129 e. The minimum atomic E-state index is -0.209. The maximum atomic E-state index is 11.7. The van der Waals surface area contributed by atoms with Gasteiger partial charge >= 0.3 is 0 Å². The standard InChI is InChI=1S/C27H46O3/c1-6-19-23-15-18(29)11-13-27(23,5)22-12-14-26(4)20(16(2)7-8-17(3)28)9-10-21(26)24(22)25(19)30/h16,18-25,29-30H,6-15H2,1-5H3/t16-,18?,19-,20-,21+,22+,23?,24+,25-,26-,27-/m1/s1. The quantitative estimate of drug-likeness (QED) is 0.609. The van der Waals surface area contributed by atoms with Gasteiger partial charge in [-0.2, -0.15) is 0 Å². The van der Waals surface area contributed by atoms with Crippen molar-refractivity contribution in [1.29, 1.82) is 0 Å². The second-order valence-corrected chi connectivity index (χ2v) is 12.3. The molecule has 172 valence electrons. The lowest BCUT2D eigenvalue weighted by Crippen LogP contribution is -2.62. The molecular formula is C27H46O3. The molecule has 0 spiro atoms. The van der Waals surface area contributed by atoms with E-state index in [0.717, 1.165) is 32.1 Å². The molecule has 2 unspecified atom stereocenters. The van der Waals surface area contributed by atoms with E-state index in [-0.39, 0.29) is 17.6 Å². The number of aliphatic hydroxyl groups is 2. The zero-order chi connectivity index (χ0) is 21.8. The highest BCUT2D eigenvalue weighted by atomic mass is 16.3. The SMILES string of the molecule is CC[C@@H]1C2CC(O)CC[C@]2(C)[C@H]2CC[C@]3(C)[C@@H]([C@H](C)CCC(C)=O)CC[C@H]3[C@@H]2[C@@H]1O. The summed E-state index contributed by atoms with van der Waals surface area (Å²) in [5.41, 5.74) is 0.595. The second kappa shape index (κ2) is 8.18. The van der Waals surface area contributed by atoms with Gasteiger partial charge in [0.25, 0.3) is 0 Å². The van der Waals surface area contributed by atoms with Crippen molar-refractivity contribution < 1.29 is 15.0 Å². The third-order valence-electron chi connectivity index (χ3n) is 11.1. The van der Waals surface area contributed by atoms with Crippen LogP contribution >= 0.6 is 0 Å². The van der Waals surface area contributed by atoms with Gasteiger partial charge in [0, 0.05) is 6.42 Å². The molecule has 4 saturated carbocycles. The monoisotopic (exact) mass is 418 g/mol. The largest absolute Gasteiger partial charge is 0.393 e. The number of hydrogen-bond acceptors (Lipinski definition) is 3. The molecule has 4 rings (SSSR count). The molecule has 0 aromatic heterocycles. The van der Waals surface area contributed by atoms with Gasteiger partial charge < -0.3 is 15.0 Å². The Morgan fingerprint density at radius 3 is 2.33 bits per heavy atom. The molecule has 3 heteroatoms.